The molecule has 2 N–H and O–H groups in total. The van der Waals surface area contributed by atoms with E-state index >= 15 is 0 Å². The molecule has 0 spiro atoms. The minimum atomic E-state index is -1.00. The van der Waals surface area contributed by atoms with Gasteiger partial charge in [0.15, 0.2) is 17.7 Å². The number of amides is 2. The Morgan fingerprint density at radius 2 is 2.10 bits per heavy atom. The lowest BCUT2D eigenvalue weighted by Crippen LogP contribution is -2.57. The standard InChI is InChI=1S/C20H19F2N3O5/c1-10-4-5-30-15-9-24-8-13(17(26)18(27)16(24)20(29)25(10)15)19(28)23-7-11-2-3-12(21)6-14(11)22/h2-3,6,8,10,15,27H,4-5,7,9H2,1H3,(H,23,28)/t10-,15+/m0/s1. The lowest BCUT2D eigenvalue weighted by Gasteiger charge is -2.44. The number of aromatic nitrogens is 1. The zero-order valence-corrected chi connectivity index (χ0v) is 16.0. The number of carbonyl (C=O) groups is 2. The van der Waals surface area contributed by atoms with Gasteiger partial charge in [0, 0.05) is 30.4 Å². The van der Waals surface area contributed by atoms with Crippen LogP contribution in [-0.2, 0) is 17.8 Å². The summed E-state index contributed by atoms with van der Waals surface area (Å²) in [7, 11) is 0. The molecule has 0 bridgehead atoms. The zero-order valence-electron chi connectivity index (χ0n) is 16.0. The lowest BCUT2D eigenvalue weighted by molar-refractivity contribution is -0.112. The quantitative estimate of drug-likeness (QED) is 0.782. The van der Waals surface area contributed by atoms with Crippen molar-refractivity contribution in [2.45, 2.75) is 38.7 Å². The average Bonchev–Trinajstić information content (AvgIpc) is 2.69. The summed E-state index contributed by atoms with van der Waals surface area (Å²) < 4.78 is 33.7. The number of hydrogen-bond donors (Lipinski definition) is 2. The average molecular weight is 419 g/mol. The second kappa shape index (κ2) is 7.52. The van der Waals surface area contributed by atoms with Crippen molar-refractivity contribution in [2.75, 3.05) is 6.61 Å². The lowest BCUT2D eigenvalue weighted by atomic mass is 10.1. The Bertz CT molecular complexity index is 1100. The van der Waals surface area contributed by atoms with Crippen molar-refractivity contribution in [1.29, 1.82) is 0 Å². The molecule has 8 nitrogen and oxygen atoms in total. The molecule has 30 heavy (non-hydrogen) atoms. The Morgan fingerprint density at radius 1 is 1.33 bits per heavy atom. The van der Waals surface area contributed by atoms with E-state index in [0.717, 1.165) is 6.07 Å². The molecular weight excluding hydrogens is 400 g/mol. The van der Waals surface area contributed by atoms with E-state index in [2.05, 4.69) is 5.32 Å². The smallest absolute Gasteiger partial charge is 0.276 e. The van der Waals surface area contributed by atoms with Crippen LogP contribution in [0.15, 0.2) is 29.2 Å². The van der Waals surface area contributed by atoms with E-state index in [4.69, 9.17) is 4.74 Å². The number of ether oxygens (including phenoxy) is 1. The predicted octanol–water partition coefficient (Wildman–Crippen LogP) is 1.35. The first-order valence-electron chi connectivity index (χ1n) is 9.40. The summed E-state index contributed by atoms with van der Waals surface area (Å²) in [5.74, 6) is -3.82. The Morgan fingerprint density at radius 3 is 2.83 bits per heavy atom. The molecule has 2 aromatic rings. The van der Waals surface area contributed by atoms with Crippen LogP contribution in [-0.4, -0.2) is 45.3 Å². The van der Waals surface area contributed by atoms with Gasteiger partial charge in [-0.2, -0.15) is 0 Å². The van der Waals surface area contributed by atoms with Crippen LogP contribution in [0.4, 0.5) is 8.78 Å². The van der Waals surface area contributed by atoms with Crippen LogP contribution < -0.4 is 10.7 Å². The summed E-state index contributed by atoms with van der Waals surface area (Å²) in [6.07, 6.45) is 1.25. The topological polar surface area (TPSA) is 101 Å². The Labute approximate surface area is 169 Å². The van der Waals surface area contributed by atoms with Crippen LogP contribution in [0, 0.1) is 11.6 Å². The fourth-order valence-corrected chi connectivity index (χ4v) is 3.76. The SMILES string of the molecule is C[C@H]1CCO[C@@H]2Cn3cc(C(=O)NCc4ccc(F)cc4F)c(=O)c(O)c3C(=O)N12. The molecular formula is C20H19F2N3O5. The van der Waals surface area contributed by atoms with Gasteiger partial charge in [-0.15, -0.1) is 0 Å². The summed E-state index contributed by atoms with van der Waals surface area (Å²) in [6.45, 7) is 2.18. The van der Waals surface area contributed by atoms with Crippen LogP contribution in [0.5, 0.6) is 5.75 Å². The van der Waals surface area contributed by atoms with Gasteiger partial charge in [0.1, 0.15) is 17.2 Å². The van der Waals surface area contributed by atoms with E-state index in [9.17, 15) is 28.3 Å². The number of carbonyl (C=O) groups excluding carboxylic acids is 2. The fourth-order valence-electron chi connectivity index (χ4n) is 3.76. The van der Waals surface area contributed by atoms with E-state index in [1.165, 1.54) is 21.7 Å². The summed E-state index contributed by atoms with van der Waals surface area (Å²) in [5.41, 5.74) is -1.57. The number of benzene rings is 1. The third kappa shape index (κ3) is 3.32. The summed E-state index contributed by atoms with van der Waals surface area (Å²) >= 11 is 0. The summed E-state index contributed by atoms with van der Waals surface area (Å²) in [6, 6.07) is 2.79. The number of aromatic hydroxyl groups is 1. The molecule has 0 aliphatic carbocycles. The van der Waals surface area contributed by atoms with Gasteiger partial charge in [0.25, 0.3) is 11.8 Å². The molecule has 0 unspecified atom stereocenters. The third-order valence-corrected chi connectivity index (χ3v) is 5.38. The van der Waals surface area contributed by atoms with Crippen molar-refractivity contribution < 1.29 is 28.2 Å². The molecule has 10 heteroatoms. The van der Waals surface area contributed by atoms with Crippen LogP contribution in [0.25, 0.3) is 0 Å². The second-order valence-electron chi connectivity index (χ2n) is 7.32. The predicted molar refractivity (Wildman–Crippen MR) is 99.9 cm³/mol. The van der Waals surface area contributed by atoms with E-state index in [0.29, 0.717) is 19.1 Å². The molecule has 2 aliphatic heterocycles. The van der Waals surface area contributed by atoms with Gasteiger partial charge in [-0.25, -0.2) is 8.78 Å². The first-order chi connectivity index (χ1) is 14.3. The highest BCUT2D eigenvalue weighted by molar-refractivity contribution is 5.99. The minimum Gasteiger partial charge on any atom is -0.503 e. The maximum Gasteiger partial charge on any atom is 0.276 e. The number of nitrogens with one attached hydrogen (secondary N) is 1. The minimum absolute atomic E-state index is 0.0300. The largest absolute Gasteiger partial charge is 0.503 e. The molecule has 1 saturated heterocycles. The van der Waals surface area contributed by atoms with Gasteiger partial charge in [-0.1, -0.05) is 6.07 Å². The fraction of sp³-hybridized carbons (Fsp3) is 0.350. The van der Waals surface area contributed by atoms with Crippen molar-refractivity contribution >= 4 is 11.8 Å². The van der Waals surface area contributed by atoms with Crippen LogP contribution in [0.2, 0.25) is 0 Å². The van der Waals surface area contributed by atoms with Crippen molar-refractivity contribution in [3.05, 3.63) is 63.1 Å². The number of nitrogens with zero attached hydrogens (tertiary/aromatic N) is 2. The molecule has 1 aromatic heterocycles. The first-order valence-corrected chi connectivity index (χ1v) is 9.40. The molecule has 0 radical (unpaired) electrons. The Balaban J connectivity index is 1.63. The van der Waals surface area contributed by atoms with E-state index < -0.39 is 46.4 Å². The highest BCUT2D eigenvalue weighted by atomic mass is 19.1. The summed E-state index contributed by atoms with van der Waals surface area (Å²) in [4.78, 5) is 39.4. The number of hydrogen-bond acceptors (Lipinski definition) is 5. The molecule has 158 valence electrons. The van der Waals surface area contributed by atoms with Crippen LogP contribution >= 0.6 is 0 Å². The molecule has 4 rings (SSSR count). The molecule has 2 aliphatic rings. The second-order valence-corrected chi connectivity index (χ2v) is 7.32. The summed E-state index contributed by atoms with van der Waals surface area (Å²) in [5, 5.41) is 12.7. The normalized spacial score (nSPS) is 20.5. The van der Waals surface area contributed by atoms with Gasteiger partial charge in [-0.05, 0) is 19.4 Å². The molecule has 1 fully saturated rings. The molecule has 3 heterocycles. The van der Waals surface area contributed by atoms with Crippen molar-refractivity contribution in [2.24, 2.45) is 0 Å². The maximum atomic E-state index is 13.8. The monoisotopic (exact) mass is 419 g/mol. The van der Waals surface area contributed by atoms with Gasteiger partial charge in [0.05, 0.1) is 13.2 Å². The van der Waals surface area contributed by atoms with E-state index in [-0.39, 0.29) is 30.4 Å². The van der Waals surface area contributed by atoms with Gasteiger partial charge < -0.3 is 24.6 Å². The highest BCUT2D eigenvalue weighted by Gasteiger charge is 2.41. The van der Waals surface area contributed by atoms with E-state index in [1.54, 1.807) is 0 Å². The van der Waals surface area contributed by atoms with Gasteiger partial charge >= 0.3 is 0 Å². The molecule has 2 amide bonds. The molecule has 0 saturated carbocycles. The van der Waals surface area contributed by atoms with E-state index in [1.807, 2.05) is 6.92 Å². The van der Waals surface area contributed by atoms with Crippen LogP contribution in [0.3, 0.4) is 0 Å². The number of halogens is 2. The van der Waals surface area contributed by atoms with Crippen molar-refractivity contribution in [3.63, 3.8) is 0 Å². The first kappa shape index (κ1) is 20.0. The van der Waals surface area contributed by atoms with Gasteiger partial charge in [-0.3, -0.25) is 14.4 Å². The number of fused-ring (bicyclic) bond motifs is 2. The zero-order chi connectivity index (χ0) is 21.6. The third-order valence-electron chi connectivity index (χ3n) is 5.38. The molecule has 1 aromatic carbocycles. The van der Waals surface area contributed by atoms with Gasteiger partial charge in [0.2, 0.25) is 5.43 Å². The van der Waals surface area contributed by atoms with Crippen LogP contribution in [0.1, 0.15) is 39.8 Å². The Hall–Kier alpha value is -3.27. The van der Waals surface area contributed by atoms with Crippen molar-refractivity contribution in [3.8, 4) is 5.75 Å². The molecule has 2 atom stereocenters. The Kier molecular flexibility index (Phi) is 5.02. The van der Waals surface area contributed by atoms with Crippen molar-refractivity contribution in [1.82, 2.24) is 14.8 Å². The number of pyridine rings is 1. The highest BCUT2D eigenvalue weighted by Crippen LogP contribution is 2.29. The number of rotatable bonds is 3. The maximum absolute atomic E-state index is 13.8.